The SMILES string of the molecule is Cc1cc(F)c(S(=O)(=O)N2CCN(C)C(C)(C)C2)cc1N. The number of anilines is 1. The van der Waals surface area contributed by atoms with Crippen LogP contribution in [0.3, 0.4) is 0 Å². The fourth-order valence-corrected chi connectivity index (χ4v) is 4.07. The van der Waals surface area contributed by atoms with Crippen LogP contribution in [0, 0.1) is 12.7 Å². The van der Waals surface area contributed by atoms with E-state index in [1.807, 2.05) is 20.9 Å². The highest BCUT2D eigenvalue weighted by Crippen LogP contribution is 2.28. The minimum absolute atomic E-state index is 0.281. The van der Waals surface area contributed by atoms with Gasteiger partial charge in [-0.25, -0.2) is 12.8 Å². The van der Waals surface area contributed by atoms with E-state index in [9.17, 15) is 12.8 Å². The molecule has 0 aliphatic carbocycles. The number of hydrogen-bond donors (Lipinski definition) is 1. The van der Waals surface area contributed by atoms with E-state index >= 15 is 0 Å². The molecule has 0 amide bonds. The summed E-state index contributed by atoms with van der Waals surface area (Å²) in [6, 6.07) is 2.38. The Bertz CT molecular complexity index is 658. The van der Waals surface area contributed by atoms with Gasteiger partial charge in [0.2, 0.25) is 10.0 Å². The zero-order valence-corrected chi connectivity index (χ0v) is 13.7. The molecular formula is C14H22FN3O2S. The van der Waals surface area contributed by atoms with E-state index < -0.39 is 15.8 Å². The van der Waals surface area contributed by atoms with Crippen LogP contribution >= 0.6 is 0 Å². The van der Waals surface area contributed by atoms with Gasteiger partial charge in [0, 0.05) is 30.9 Å². The summed E-state index contributed by atoms with van der Waals surface area (Å²) in [6.45, 7) is 6.85. The van der Waals surface area contributed by atoms with Gasteiger partial charge in [-0.2, -0.15) is 4.31 Å². The smallest absolute Gasteiger partial charge is 0.246 e. The van der Waals surface area contributed by atoms with Crippen LogP contribution in [0.5, 0.6) is 0 Å². The highest BCUT2D eigenvalue weighted by Gasteiger charge is 2.38. The Balaban J connectivity index is 2.42. The number of rotatable bonds is 2. The second kappa shape index (κ2) is 5.23. The minimum Gasteiger partial charge on any atom is -0.398 e. The number of piperazine rings is 1. The lowest BCUT2D eigenvalue weighted by molar-refractivity contribution is 0.0800. The molecule has 0 unspecified atom stereocenters. The first-order valence-corrected chi connectivity index (χ1v) is 8.27. The van der Waals surface area contributed by atoms with Gasteiger partial charge in [-0.15, -0.1) is 0 Å². The number of nitrogens with two attached hydrogens (primary N) is 1. The normalized spacial score (nSPS) is 20.6. The maximum atomic E-state index is 14.1. The van der Waals surface area contributed by atoms with Crippen molar-refractivity contribution in [1.82, 2.24) is 9.21 Å². The molecule has 0 spiro atoms. The Kier molecular flexibility index (Phi) is 4.03. The molecule has 0 bridgehead atoms. The third-order valence-corrected chi connectivity index (χ3v) is 6.08. The molecular weight excluding hydrogens is 293 g/mol. The van der Waals surface area contributed by atoms with Crippen LogP contribution in [-0.4, -0.2) is 49.8 Å². The lowest BCUT2D eigenvalue weighted by Gasteiger charge is -2.44. The van der Waals surface area contributed by atoms with Crippen molar-refractivity contribution >= 4 is 15.7 Å². The zero-order valence-electron chi connectivity index (χ0n) is 12.9. The van der Waals surface area contributed by atoms with Gasteiger partial charge in [-0.05, 0) is 45.5 Å². The van der Waals surface area contributed by atoms with E-state index in [0.29, 0.717) is 25.2 Å². The molecule has 1 saturated heterocycles. The quantitative estimate of drug-likeness (QED) is 0.839. The van der Waals surface area contributed by atoms with Crippen molar-refractivity contribution < 1.29 is 12.8 Å². The van der Waals surface area contributed by atoms with Gasteiger partial charge in [0.25, 0.3) is 0 Å². The van der Waals surface area contributed by atoms with Gasteiger partial charge in [0.1, 0.15) is 10.7 Å². The van der Waals surface area contributed by atoms with Gasteiger partial charge in [0.05, 0.1) is 0 Å². The maximum absolute atomic E-state index is 14.1. The Hall–Kier alpha value is -1.18. The highest BCUT2D eigenvalue weighted by molar-refractivity contribution is 7.89. The van der Waals surface area contributed by atoms with E-state index in [4.69, 9.17) is 5.73 Å². The van der Waals surface area contributed by atoms with Crippen LogP contribution < -0.4 is 5.73 Å². The van der Waals surface area contributed by atoms with Crippen molar-refractivity contribution in [3.05, 3.63) is 23.5 Å². The third kappa shape index (κ3) is 2.90. The van der Waals surface area contributed by atoms with Crippen molar-refractivity contribution in [2.75, 3.05) is 32.4 Å². The molecule has 0 atom stereocenters. The van der Waals surface area contributed by atoms with E-state index in [-0.39, 0.29) is 16.1 Å². The fourth-order valence-electron chi connectivity index (χ4n) is 2.41. The van der Waals surface area contributed by atoms with Gasteiger partial charge in [-0.3, -0.25) is 4.90 Å². The average molecular weight is 315 g/mol. The first-order valence-electron chi connectivity index (χ1n) is 6.83. The predicted octanol–water partition coefficient (Wildman–Crippen LogP) is 1.43. The first kappa shape index (κ1) is 16.2. The summed E-state index contributed by atoms with van der Waals surface area (Å²) in [5.41, 5.74) is 6.25. The number of aryl methyl sites for hydroxylation is 1. The second-order valence-corrected chi connectivity index (χ2v) is 8.12. The number of nitrogen functional groups attached to an aromatic ring is 1. The molecule has 0 saturated carbocycles. The Morgan fingerprint density at radius 2 is 1.90 bits per heavy atom. The van der Waals surface area contributed by atoms with Gasteiger partial charge in [0.15, 0.2) is 0 Å². The average Bonchev–Trinajstić information content (AvgIpc) is 2.36. The van der Waals surface area contributed by atoms with Crippen LogP contribution in [0.25, 0.3) is 0 Å². The summed E-state index contributed by atoms with van der Waals surface area (Å²) in [5, 5.41) is 0. The molecule has 1 aliphatic rings. The Morgan fingerprint density at radius 3 is 2.48 bits per heavy atom. The lowest BCUT2D eigenvalue weighted by Crippen LogP contribution is -2.58. The number of halogens is 1. The molecule has 0 aromatic heterocycles. The lowest BCUT2D eigenvalue weighted by atomic mass is 10.0. The Labute approximate surface area is 125 Å². The monoisotopic (exact) mass is 315 g/mol. The predicted molar refractivity (Wildman–Crippen MR) is 81.0 cm³/mol. The molecule has 1 fully saturated rings. The van der Waals surface area contributed by atoms with Gasteiger partial charge in [-0.1, -0.05) is 0 Å². The van der Waals surface area contributed by atoms with Crippen LogP contribution in [0.1, 0.15) is 19.4 Å². The topological polar surface area (TPSA) is 66.6 Å². The molecule has 21 heavy (non-hydrogen) atoms. The molecule has 118 valence electrons. The molecule has 2 rings (SSSR count). The minimum atomic E-state index is -3.87. The van der Waals surface area contributed by atoms with Gasteiger partial charge >= 0.3 is 0 Å². The van der Waals surface area contributed by atoms with E-state index in [0.717, 1.165) is 0 Å². The molecule has 1 aliphatic heterocycles. The summed E-state index contributed by atoms with van der Waals surface area (Å²) >= 11 is 0. The van der Waals surface area contributed by atoms with Crippen molar-refractivity contribution in [1.29, 1.82) is 0 Å². The van der Waals surface area contributed by atoms with Crippen molar-refractivity contribution in [3.63, 3.8) is 0 Å². The largest absolute Gasteiger partial charge is 0.398 e. The summed E-state index contributed by atoms with van der Waals surface area (Å²) < 4.78 is 40.8. The number of benzene rings is 1. The number of hydrogen-bond acceptors (Lipinski definition) is 4. The Morgan fingerprint density at radius 1 is 1.29 bits per heavy atom. The van der Waals surface area contributed by atoms with Gasteiger partial charge < -0.3 is 5.73 Å². The summed E-state index contributed by atoms with van der Waals surface area (Å²) in [5.74, 6) is -0.751. The zero-order chi connectivity index (χ0) is 16.0. The van der Waals surface area contributed by atoms with Crippen molar-refractivity contribution in [2.24, 2.45) is 0 Å². The van der Waals surface area contributed by atoms with Crippen molar-refractivity contribution in [2.45, 2.75) is 31.2 Å². The molecule has 2 N–H and O–H groups in total. The highest BCUT2D eigenvalue weighted by atomic mass is 32.2. The van der Waals surface area contributed by atoms with Crippen LogP contribution in [0.15, 0.2) is 17.0 Å². The molecule has 7 heteroatoms. The second-order valence-electron chi connectivity index (χ2n) is 6.21. The van der Waals surface area contributed by atoms with E-state index in [2.05, 4.69) is 4.90 Å². The van der Waals surface area contributed by atoms with Crippen LogP contribution in [0.4, 0.5) is 10.1 Å². The molecule has 1 aromatic carbocycles. The first-order chi connectivity index (χ1) is 9.55. The van der Waals surface area contributed by atoms with Crippen LogP contribution in [-0.2, 0) is 10.0 Å². The fraction of sp³-hybridized carbons (Fsp3) is 0.571. The standard InChI is InChI=1S/C14H22FN3O2S/c1-10-7-11(15)13(8-12(10)16)21(19,20)18-6-5-17(4)14(2,3)9-18/h7-8H,5-6,9,16H2,1-4H3. The number of likely N-dealkylation sites (N-methyl/N-ethyl adjacent to an activating group) is 1. The maximum Gasteiger partial charge on any atom is 0.246 e. The molecule has 5 nitrogen and oxygen atoms in total. The molecule has 1 aromatic rings. The molecule has 0 radical (unpaired) electrons. The number of sulfonamides is 1. The summed E-state index contributed by atoms with van der Waals surface area (Å²) in [4.78, 5) is 1.75. The third-order valence-electron chi connectivity index (χ3n) is 4.22. The summed E-state index contributed by atoms with van der Waals surface area (Å²) in [7, 11) is -1.92. The summed E-state index contributed by atoms with van der Waals surface area (Å²) in [6.07, 6.45) is 0. The van der Waals surface area contributed by atoms with E-state index in [1.165, 1.54) is 16.4 Å². The molecule has 1 heterocycles. The van der Waals surface area contributed by atoms with E-state index in [1.54, 1.807) is 6.92 Å². The van der Waals surface area contributed by atoms with Crippen LogP contribution in [0.2, 0.25) is 0 Å². The number of nitrogens with zero attached hydrogens (tertiary/aromatic N) is 2. The van der Waals surface area contributed by atoms with Crippen molar-refractivity contribution in [3.8, 4) is 0 Å².